The van der Waals surface area contributed by atoms with Gasteiger partial charge in [0.1, 0.15) is 11.6 Å². The molecule has 1 aromatic carbocycles. The van der Waals surface area contributed by atoms with E-state index in [9.17, 15) is 0 Å². The van der Waals surface area contributed by atoms with Gasteiger partial charge in [-0.3, -0.25) is 0 Å². The average Bonchev–Trinajstić information content (AvgIpc) is 2.91. The van der Waals surface area contributed by atoms with Crippen molar-refractivity contribution in [2.75, 3.05) is 5.73 Å². The predicted molar refractivity (Wildman–Crippen MR) is 86.2 cm³/mol. The number of hydrogen-bond donors (Lipinski definition) is 1. The van der Waals surface area contributed by atoms with Gasteiger partial charge in [-0.25, -0.2) is 14.6 Å². The Labute approximate surface area is 132 Å². The van der Waals surface area contributed by atoms with Gasteiger partial charge in [0.15, 0.2) is 0 Å². The molecule has 114 valence electrons. The van der Waals surface area contributed by atoms with Crippen LogP contribution < -0.4 is 5.73 Å². The zero-order chi connectivity index (χ0) is 15.5. The van der Waals surface area contributed by atoms with Gasteiger partial charge in [-0.15, -0.1) is 5.10 Å². The van der Waals surface area contributed by atoms with E-state index in [1.807, 2.05) is 24.3 Å². The number of rotatable bonds is 5. The van der Waals surface area contributed by atoms with E-state index < -0.39 is 0 Å². The van der Waals surface area contributed by atoms with Crippen molar-refractivity contribution in [1.29, 1.82) is 0 Å². The highest BCUT2D eigenvalue weighted by molar-refractivity contribution is 7.98. The van der Waals surface area contributed by atoms with Gasteiger partial charge in [0.2, 0.25) is 5.16 Å². The Hall–Kier alpha value is -2.22. The van der Waals surface area contributed by atoms with Crippen LogP contribution in [0.25, 0.3) is 10.9 Å². The molecular formula is C14H17N7S. The van der Waals surface area contributed by atoms with Gasteiger partial charge in [-0.1, -0.05) is 37.7 Å². The molecule has 0 aliphatic heterocycles. The maximum absolute atomic E-state index is 6.00. The molecule has 0 spiro atoms. The third-order valence-electron chi connectivity index (χ3n) is 3.05. The van der Waals surface area contributed by atoms with E-state index in [0.29, 0.717) is 23.3 Å². The lowest BCUT2D eigenvalue weighted by atomic mass is 10.2. The molecule has 0 bridgehead atoms. The van der Waals surface area contributed by atoms with Gasteiger partial charge in [-0.05, 0) is 28.5 Å². The number of para-hydroxylation sites is 1. The zero-order valence-corrected chi connectivity index (χ0v) is 13.3. The molecule has 8 heteroatoms. The van der Waals surface area contributed by atoms with Crippen molar-refractivity contribution in [3.8, 4) is 0 Å². The molecule has 0 atom stereocenters. The van der Waals surface area contributed by atoms with Crippen LogP contribution in [0.15, 0.2) is 29.4 Å². The summed E-state index contributed by atoms with van der Waals surface area (Å²) in [6.45, 7) is 5.04. The Morgan fingerprint density at radius 1 is 1.23 bits per heavy atom. The van der Waals surface area contributed by atoms with E-state index in [0.717, 1.165) is 22.6 Å². The molecule has 0 aliphatic carbocycles. The minimum Gasteiger partial charge on any atom is -0.383 e. The van der Waals surface area contributed by atoms with Crippen molar-refractivity contribution in [2.24, 2.45) is 5.92 Å². The second-order valence-electron chi connectivity index (χ2n) is 5.37. The van der Waals surface area contributed by atoms with Crippen molar-refractivity contribution in [1.82, 2.24) is 30.2 Å². The van der Waals surface area contributed by atoms with E-state index in [1.54, 1.807) is 4.68 Å². The van der Waals surface area contributed by atoms with Crippen LogP contribution in [0, 0.1) is 5.92 Å². The van der Waals surface area contributed by atoms with Crippen LogP contribution >= 0.6 is 11.8 Å². The van der Waals surface area contributed by atoms with Crippen LogP contribution in [-0.4, -0.2) is 30.2 Å². The number of hydrogen-bond acceptors (Lipinski definition) is 7. The molecule has 0 radical (unpaired) electrons. The monoisotopic (exact) mass is 315 g/mol. The molecule has 0 saturated carbocycles. The lowest BCUT2D eigenvalue weighted by Crippen LogP contribution is -2.08. The van der Waals surface area contributed by atoms with Crippen LogP contribution in [0.4, 0.5) is 5.82 Å². The maximum Gasteiger partial charge on any atom is 0.209 e. The Morgan fingerprint density at radius 2 is 2.05 bits per heavy atom. The molecule has 0 saturated heterocycles. The summed E-state index contributed by atoms with van der Waals surface area (Å²) in [5.74, 6) is 2.24. The second kappa shape index (κ2) is 6.27. The molecule has 0 amide bonds. The van der Waals surface area contributed by atoms with Crippen LogP contribution in [0.1, 0.15) is 19.7 Å². The Morgan fingerprint density at radius 3 is 2.86 bits per heavy atom. The fourth-order valence-electron chi connectivity index (χ4n) is 2.10. The van der Waals surface area contributed by atoms with Crippen LogP contribution in [-0.2, 0) is 12.3 Å². The first-order valence-corrected chi connectivity index (χ1v) is 8.02. The van der Waals surface area contributed by atoms with Gasteiger partial charge >= 0.3 is 0 Å². The highest BCUT2D eigenvalue weighted by Crippen LogP contribution is 2.22. The number of nitrogens with zero attached hydrogens (tertiary/aromatic N) is 6. The number of nitrogen functional groups attached to an aromatic ring is 1. The third kappa shape index (κ3) is 3.16. The minimum absolute atomic E-state index is 0.482. The molecule has 2 aromatic heterocycles. The van der Waals surface area contributed by atoms with Crippen molar-refractivity contribution in [2.45, 2.75) is 31.3 Å². The molecule has 2 heterocycles. The van der Waals surface area contributed by atoms with Gasteiger partial charge in [0, 0.05) is 11.9 Å². The van der Waals surface area contributed by atoms with Crippen molar-refractivity contribution in [3.63, 3.8) is 0 Å². The first-order valence-electron chi connectivity index (χ1n) is 7.03. The first kappa shape index (κ1) is 14.7. The minimum atomic E-state index is 0.482. The molecule has 2 N–H and O–H groups in total. The van der Waals surface area contributed by atoms with E-state index in [2.05, 4.69) is 39.3 Å². The number of fused-ring (bicyclic) bond motifs is 1. The normalized spacial score (nSPS) is 11.4. The number of aromatic nitrogens is 6. The standard InChI is InChI=1S/C14H17N7S/c1-9(2)7-21-14(18-19-20-21)22-8-12-16-11-6-4-3-5-10(11)13(15)17-12/h3-6,9H,7-8H2,1-2H3,(H2,15,16,17). The number of tetrazole rings is 1. The fourth-order valence-corrected chi connectivity index (χ4v) is 2.85. The number of anilines is 1. The SMILES string of the molecule is CC(C)Cn1nnnc1SCc1nc(N)c2ccccc2n1. The maximum atomic E-state index is 6.00. The van der Waals surface area contributed by atoms with Crippen LogP contribution in [0.2, 0.25) is 0 Å². The summed E-state index contributed by atoms with van der Waals surface area (Å²) in [7, 11) is 0. The van der Waals surface area contributed by atoms with Crippen molar-refractivity contribution >= 4 is 28.5 Å². The lowest BCUT2D eigenvalue weighted by Gasteiger charge is -2.07. The smallest absolute Gasteiger partial charge is 0.209 e. The van der Waals surface area contributed by atoms with Crippen LogP contribution in [0.5, 0.6) is 0 Å². The van der Waals surface area contributed by atoms with Gasteiger partial charge in [-0.2, -0.15) is 0 Å². The topological polar surface area (TPSA) is 95.4 Å². The molecule has 0 fully saturated rings. The van der Waals surface area contributed by atoms with E-state index >= 15 is 0 Å². The second-order valence-corrected chi connectivity index (χ2v) is 6.31. The summed E-state index contributed by atoms with van der Waals surface area (Å²) in [5.41, 5.74) is 6.85. The highest BCUT2D eigenvalue weighted by Gasteiger charge is 2.11. The predicted octanol–water partition coefficient (Wildman–Crippen LogP) is 2.15. The molecular weight excluding hydrogens is 298 g/mol. The molecule has 3 rings (SSSR count). The average molecular weight is 315 g/mol. The Bertz CT molecular complexity index is 784. The van der Waals surface area contributed by atoms with Gasteiger partial charge in [0.25, 0.3) is 0 Å². The van der Waals surface area contributed by atoms with Crippen molar-refractivity contribution in [3.05, 3.63) is 30.1 Å². The number of benzene rings is 1. The summed E-state index contributed by atoms with van der Waals surface area (Å²) < 4.78 is 1.81. The molecule has 3 aromatic rings. The van der Waals surface area contributed by atoms with E-state index in [-0.39, 0.29) is 0 Å². The van der Waals surface area contributed by atoms with Gasteiger partial charge < -0.3 is 5.73 Å². The zero-order valence-electron chi connectivity index (χ0n) is 12.5. The fraction of sp³-hybridized carbons (Fsp3) is 0.357. The van der Waals surface area contributed by atoms with Crippen molar-refractivity contribution < 1.29 is 0 Å². The molecule has 22 heavy (non-hydrogen) atoms. The largest absolute Gasteiger partial charge is 0.383 e. The molecule has 7 nitrogen and oxygen atoms in total. The van der Waals surface area contributed by atoms with E-state index in [4.69, 9.17) is 5.73 Å². The number of thioether (sulfide) groups is 1. The number of nitrogens with two attached hydrogens (primary N) is 1. The summed E-state index contributed by atoms with van der Waals surface area (Å²) in [6, 6.07) is 7.72. The first-order chi connectivity index (χ1) is 10.6. The summed E-state index contributed by atoms with van der Waals surface area (Å²) >= 11 is 1.51. The third-order valence-corrected chi connectivity index (χ3v) is 4.00. The Kier molecular flexibility index (Phi) is 4.19. The summed E-state index contributed by atoms with van der Waals surface area (Å²) in [5, 5.41) is 13.4. The molecule has 0 unspecified atom stereocenters. The summed E-state index contributed by atoms with van der Waals surface area (Å²) in [4.78, 5) is 8.90. The lowest BCUT2D eigenvalue weighted by molar-refractivity contribution is 0.445. The summed E-state index contributed by atoms with van der Waals surface area (Å²) in [6.07, 6.45) is 0. The Balaban J connectivity index is 1.78. The van der Waals surface area contributed by atoms with Crippen LogP contribution in [0.3, 0.4) is 0 Å². The quantitative estimate of drug-likeness (QED) is 0.721. The molecule has 0 aliphatic rings. The van der Waals surface area contributed by atoms with E-state index in [1.165, 1.54) is 11.8 Å². The van der Waals surface area contributed by atoms with Gasteiger partial charge in [0.05, 0.1) is 11.3 Å². The highest BCUT2D eigenvalue weighted by atomic mass is 32.2.